The predicted octanol–water partition coefficient (Wildman–Crippen LogP) is 2.89. The summed E-state index contributed by atoms with van der Waals surface area (Å²) >= 11 is 7.11. The molecule has 9 nitrogen and oxygen atoms in total. The lowest BCUT2D eigenvalue weighted by Crippen LogP contribution is -2.43. The van der Waals surface area contributed by atoms with E-state index in [0.29, 0.717) is 39.3 Å². The van der Waals surface area contributed by atoms with Crippen molar-refractivity contribution in [3.63, 3.8) is 0 Å². The van der Waals surface area contributed by atoms with E-state index in [4.69, 9.17) is 11.6 Å². The summed E-state index contributed by atoms with van der Waals surface area (Å²) in [4.78, 5) is 48.6. The number of halogens is 1. The molecule has 3 aromatic rings. The largest absolute Gasteiger partial charge is 0.356 e. The second-order valence-electron chi connectivity index (χ2n) is 7.96. The summed E-state index contributed by atoms with van der Waals surface area (Å²) in [5.74, 6) is -0.379. The van der Waals surface area contributed by atoms with Gasteiger partial charge in [-0.3, -0.25) is 19.0 Å². The summed E-state index contributed by atoms with van der Waals surface area (Å²) in [6, 6.07) is 6.73. The lowest BCUT2D eigenvalue weighted by atomic mass is 9.97. The minimum absolute atomic E-state index is 0.0647. The molecule has 2 aromatic heterocycles. The Morgan fingerprint density at radius 1 is 1.27 bits per heavy atom. The highest BCUT2D eigenvalue weighted by molar-refractivity contribution is 7.22. The maximum absolute atomic E-state index is 13.0. The van der Waals surface area contributed by atoms with Gasteiger partial charge in [0.1, 0.15) is 17.6 Å². The lowest BCUT2D eigenvalue weighted by Gasteiger charge is -2.31. The first-order valence-corrected chi connectivity index (χ1v) is 12.1. The Labute approximate surface area is 199 Å². The summed E-state index contributed by atoms with van der Waals surface area (Å²) in [6.45, 7) is 3.87. The van der Waals surface area contributed by atoms with Crippen LogP contribution in [0.4, 0.5) is 10.8 Å². The predicted molar refractivity (Wildman–Crippen MR) is 130 cm³/mol. The van der Waals surface area contributed by atoms with Gasteiger partial charge in [-0.1, -0.05) is 29.9 Å². The standard InChI is InChI=1S/C22H25ClN6O3S/c1-2-9-24-20(31)14-4-3-10-28(11-14)22-27-19-18(33-22)21(32)29(13-25-19)12-17(30)26-16-7-5-15(23)6-8-16/h5-8,13-14H,2-4,9-12H2,1H3,(H,24,31)(H,26,30)/t14-/m1/s1. The molecule has 4 rings (SSSR count). The molecule has 2 N–H and O–H groups in total. The van der Waals surface area contributed by atoms with Crippen LogP contribution in [0.5, 0.6) is 0 Å². The molecule has 174 valence electrons. The number of fused-ring (bicyclic) bond motifs is 1. The Morgan fingerprint density at radius 2 is 2.06 bits per heavy atom. The van der Waals surface area contributed by atoms with E-state index in [9.17, 15) is 14.4 Å². The van der Waals surface area contributed by atoms with Gasteiger partial charge in [0, 0.05) is 30.3 Å². The molecule has 3 heterocycles. The molecule has 0 bridgehead atoms. The van der Waals surface area contributed by atoms with Crippen molar-refractivity contribution in [2.45, 2.75) is 32.7 Å². The third-order valence-corrected chi connectivity index (χ3v) is 6.77. The molecule has 33 heavy (non-hydrogen) atoms. The highest BCUT2D eigenvalue weighted by Crippen LogP contribution is 2.29. The second-order valence-corrected chi connectivity index (χ2v) is 9.37. The van der Waals surface area contributed by atoms with Crippen LogP contribution in [0, 0.1) is 5.92 Å². The number of nitrogens with zero attached hydrogens (tertiary/aromatic N) is 4. The first-order chi connectivity index (χ1) is 15.9. The quantitative estimate of drug-likeness (QED) is 0.529. The molecular formula is C22H25ClN6O3S. The molecular weight excluding hydrogens is 464 g/mol. The fraction of sp³-hybridized carbons (Fsp3) is 0.409. The molecule has 1 aromatic carbocycles. The Bertz CT molecular complexity index is 1210. The number of piperidine rings is 1. The third kappa shape index (κ3) is 5.51. The van der Waals surface area contributed by atoms with E-state index in [1.807, 2.05) is 11.8 Å². The summed E-state index contributed by atoms with van der Waals surface area (Å²) in [5, 5.41) is 6.94. The SMILES string of the molecule is CCCNC(=O)[C@@H]1CCCN(c2nc3ncn(CC(=O)Nc4ccc(Cl)cc4)c(=O)c3s2)C1. The van der Waals surface area contributed by atoms with Crippen molar-refractivity contribution in [1.82, 2.24) is 19.9 Å². The smallest absolute Gasteiger partial charge is 0.273 e. The van der Waals surface area contributed by atoms with Gasteiger partial charge in [-0.15, -0.1) is 0 Å². The topological polar surface area (TPSA) is 109 Å². The van der Waals surface area contributed by atoms with E-state index in [0.717, 1.165) is 25.8 Å². The number of carbonyl (C=O) groups excluding carboxylic acids is 2. The Hall–Kier alpha value is -2.98. The lowest BCUT2D eigenvalue weighted by molar-refractivity contribution is -0.125. The monoisotopic (exact) mass is 488 g/mol. The highest BCUT2D eigenvalue weighted by atomic mass is 35.5. The van der Waals surface area contributed by atoms with Gasteiger partial charge >= 0.3 is 0 Å². The van der Waals surface area contributed by atoms with Gasteiger partial charge in [-0.05, 0) is 43.5 Å². The zero-order chi connectivity index (χ0) is 23.4. The molecule has 0 aliphatic carbocycles. The van der Waals surface area contributed by atoms with Gasteiger partial charge in [0.15, 0.2) is 10.8 Å². The Morgan fingerprint density at radius 3 is 2.82 bits per heavy atom. The summed E-state index contributed by atoms with van der Waals surface area (Å²) < 4.78 is 1.66. The number of benzene rings is 1. The molecule has 1 aliphatic rings. The van der Waals surface area contributed by atoms with Crippen molar-refractivity contribution in [1.29, 1.82) is 0 Å². The van der Waals surface area contributed by atoms with E-state index in [1.165, 1.54) is 22.2 Å². The molecule has 11 heteroatoms. The van der Waals surface area contributed by atoms with E-state index in [2.05, 4.69) is 20.6 Å². The van der Waals surface area contributed by atoms with Crippen molar-refractivity contribution >= 4 is 55.9 Å². The number of rotatable bonds is 7. The number of amides is 2. The maximum Gasteiger partial charge on any atom is 0.273 e. The molecule has 1 aliphatic heterocycles. The van der Waals surface area contributed by atoms with Gasteiger partial charge in [0.2, 0.25) is 11.8 Å². The van der Waals surface area contributed by atoms with Crippen LogP contribution in [0.15, 0.2) is 35.4 Å². The van der Waals surface area contributed by atoms with E-state index in [-0.39, 0.29) is 29.8 Å². The number of carbonyl (C=O) groups is 2. The van der Waals surface area contributed by atoms with Crippen molar-refractivity contribution in [3.8, 4) is 0 Å². The fourth-order valence-corrected chi connectivity index (χ4v) is 4.86. The number of aromatic nitrogens is 3. The van der Waals surface area contributed by atoms with Crippen LogP contribution in [0.2, 0.25) is 5.02 Å². The van der Waals surface area contributed by atoms with Crippen LogP contribution >= 0.6 is 22.9 Å². The van der Waals surface area contributed by atoms with Crippen LogP contribution in [0.25, 0.3) is 10.3 Å². The highest BCUT2D eigenvalue weighted by Gasteiger charge is 2.27. The first kappa shape index (κ1) is 23.2. The minimum atomic E-state index is -0.345. The van der Waals surface area contributed by atoms with Crippen LogP contribution in [-0.2, 0) is 16.1 Å². The average molecular weight is 489 g/mol. The van der Waals surface area contributed by atoms with Crippen molar-refractivity contribution in [3.05, 3.63) is 46.0 Å². The molecule has 0 saturated carbocycles. The van der Waals surface area contributed by atoms with Crippen LogP contribution in [0.3, 0.4) is 0 Å². The summed E-state index contributed by atoms with van der Waals surface area (Å²) in [6.07, 6.45) is 3.95. The van der Waals surface area contributed by atoms with E-state index in [1.54, 1.807) is 24.3 Å². The zero-order valence-electron chi connectivity index (χ0n) is 18.2. The van der Waals surface area contributed by atoms with E-state index >= 15 is 0 Å². The van der Waals surface area contributed by atoms with Gasteiger partial charge in [0.05, 0.1) is 5.92 Å². The second kappa shape index (κ2) is 10.3. The van der Waals surface area contributed by atoms with Crippen molar-refractivity contribution < 1.29 is 9.59 Å². The molecule has 1 saturated heterocycles. The zero-order valence-corrected chi connectivity index (χ0v) is 19.8. The molecule has 1 atom stereocenters. The molecule has 2 amide bonds. The molecule has 1 fully saturated rings. The van der Waals surface area contributed by atoms with Crippen molar-refractivity contribution in [2.24, 2.45) is 5.92 Å². The normalized spacial score (nSPS) is 16.1. The first-order valence-electron chi connectivity index (χ1n) is 10.9. The van der Waals surface area contributed by atoms with E-state index < -0.39 is 0 Å². The maximum atomic E-state index is 13.0. The Balaban J connectivity index is 1.47. The number of nitrogens with one attached hydrogen (secondary N) is 2. The number of anilines is 2. The number of thiazole rings is 1. The third-order valence-electron chi connectivity index (χ3n) is 5.43. The molecule has 0 radical (unpaired) electrons. The number of hydrogen-bond acceptors (Lipinski definition) is 7. The Kier molecular flexibility index (Phi) is 7.24. The van der Waals surface area contributed by atoms with Gasteiger partial charge < -0.3 is 15.5 Å². The van der Waals surface area contributed by atoms with Gasteiger partial charge in [-0.2, -0.15) is 4.98 Å². The van der Waals surface area contributed by atoms with Gasteiger partial charge in [0.25, 0.3) is 5.56 Å². The summed E-state index contributed by atoms with van der Waals surface area (Å²) in [7, 11) is 0. The van der Waals surface area contributed by atoms with Crippen molar-refractivity contribution in [2.75, 3.05) is 29.9 Å². The van der Waals surface area contributed by atoms with Gasteiger partial charge in [-0.25, -0.2) is 4.98 Å². The van der Waals surface area contributed by atoms with Crippen LogP contribution in [-0.4, -0.2) is 46.0 Å². The summed E-state index contributed by atoms with van der Waals surface area (Å²) in [5.41, 5.74) is 0.630. The molecule has 0 unspecified atom stereocenters. The fourth-order valence-electron chi connectivity index (χ4n) is 3.73. The number of hydrogen-bond donors (Lipinski definition) is 2. The minimum Gasteiger partial charge on any atom is -0.356 e. The molecule has 0 spiro atoms. The van der Waals surface area contributed by atoms with Crippen LogP contribution in [0.1, 0.15) is 26.2 Å². The van der Waals surface area contributed by atoms with Crippen LogP contribution < -0.4 is 21.1 Å². The average Bonchev–Trinajstić information content (AvgIpc) is 3.26.